The van der Waals surface area contributed by atoms with Crippen molar-refractivity contribution in [2.75, 3.05) is 10.2 Å². The highest BCUT2D eigenvalue weighted by atomic mass is 15.1. The van der Waals surface area contributed by atoms with Gasteiger partial charge in [-0.25, -0.2) is 0 Å². The van der Waals surface area contributed by atoms with E-state index in [1.807, 2.05) is 78.9 Å². The summed E-state index contributed by atoms with van der Waals surface area (Å²) in [5.41, 5.74) is 17.8. The van der Waals surface area contributed by atoms with Gasteiger partial charge in [0.05, 0.1) is 56.7 Å². The molecule has 0 bridgehead atoms. The fourth-order valence-corrected chi connectivity index (χ4v) is 10.3. The Morgan fingerprint density at radius 1 is 0.357 bits per heavy atom. The van der Waals surface area contributed by atoms with Crippen LogP contribution in [0, 0.1) is 36.5 Å². The lowest BCUT2D eigenvalue weighted by Gasteiger charge is -2.25. The lowest BCUT2D eigenvalue weighted by molar-refractivity contribution is 1.13. The first kappa shape index (κ1) is 41.8. The second kappa shape index (κ2) is 17.2. The van der Waals surface area contributed by atoms with Crippen molar-refractivity contribution in [2.24, 2.45) is 0 Å². The highest BCUT2D eigenvalue weighted by molar-refractivity contribution is 6.14. The van der Waals surface area contributed by atoms with Gasteiger partial charge in [0.15, 0.2) is 0 Å². The molecular formula is C64H44N6. The minimum absolute atomic E-state index is 0.554. The number of nitrogens with one attached hydrogen (secondary N) is 1. The minimum atomic E-state index is 0.554. The van der Waals surface area contributed by atoms with Crippen molar-refractivity contribution in [1.29, 1.82) is 10.5 Å². The van der Waals surface area contributed by atoms with E-state index in [9.17, 15) is 10.5 Å². The predicted octanol–water partition coefficient (Wildman–Crippen LogP) is 16.8. The number of aromatic nitrogens is 2. The zero-order valence-electron chi connectivity index (χ0n) is 38.6. The fraction of sp³-hybridized carbons (Fsp3) is 0.0312. The zero-order valence-corrected chi connectivity index (χ0v) is 38.6. The predicted molar refractivity (Wildman–Crippen MR) is 289 cm³/mol. The summed E-state index contributed by atoms with van der Waals surface area (Å²) in [5.74, 6) is 0. The van der Waals surface area contributed by atoms with E-state index in [0.717, 1.165) is 117 Å². The van der Waals surface area contributed by atoms with Crippen LogP contribution in [0.1, 0.15) is 22.3 Å². The molecule has 10 aromatic carbocycles. The average Bonchev–Trinajstić information content (AvgIpc) is 3.89. The van der Waals surface area contributed by atoms with Crippen molar-refractivity contribution in [3.8, 4) is 45.8 Å². The number of fused-ring (bicyclic) bond motifs is 6. The molecule has 6 nitrogen and oxygen atoms in total. The molecule has 0 atom stereocenters. The normalized spacial score (nSPS) is 11.3. The van der Waals surface area contributed by atoms with Gasteiger partial charge in [-0.05, 0) is 134 Å². The monoisotopic (exact) mass is 896 g/mol. The number of aryl methyl sites for hydroxylation is 2. The fourth-order valence-electron chi connectivity index (χ4n) is 10.3. The molecule has 0 spiro atoms. The van der Waals surface area contributed by atoms with E-state index in [4.69, 9.17) is 0 Å². The molecule has 0 saturated heterocycles. The maximum absolute atomic E-state index is 10.8. The number of benzene rings is 10. The molecule has 1 N–H and O–H groups in total. The first-order valence-corrected chi connectivity index (χ1v) is 23.5. The van der Waals surface area contributed by atoms with E-state index in [2.05, 4.69) is 191 Å². The van der Waals surface area contributed by atoms with E-state index in [1.54, 1.807) is 0 Å². The van der Waals surface area contributed by atoms with E-state index in [0.29, 0.717) is 11.1 Å². The van der Waals surface area contributed by atoms with Crippen molar-refractivity contribution < 1.29 is 0 Å². The van der Waals surface area contributed by atoms with Crippen LogP contribution in [0.25, 0.3) is 77.2 Å². The summed E-state index contributed by atoms with van der Waals surface area (Å²) < 4.78 is 4.75. The van der Waals surface area contributed by atoms with E-state index >= 15 is 0 Å². The second-order valence-electron chi connectivity index (χ2n) is 17.8. The van der Waals surface area contributed by atoms with Crippen LogP contribution in [0.3, 0.4) is 0 Å². The molecular weight excluding hydrogens is 853 g/mol. The van der Waals surface area contributed by atoms with Crippen molar-refractivity contribution in [2.45, 2.75) is 13.8 Å². The van der Waals surface area contributed by atoms with Gasteiger partial charge >= 0.3 is 0 Å². The van der Waals surface area contributed by atoms with Gasteiger partial charge in [-0.3, -0.25) is 0 Å². The van der Waals surface area contributed by atoms with Crippen molar-refractivity contribution in [3.63, 3.8) is 0 Å². The van der Waals surface area contributed by atoms with Crippen LogP contribution in [0.5, 0.6) is 0 Å². The highest BCUT2D eigenvalue weighted by Crippen LogP contribution is 2.46. The van der Waals surface area contributed by atoms with Crippen molar-refractivity contribution >= 4 is 72.0 Å². The van der Waals surface area contributed by atoms with Crippen LogP contribution in [-0.2, 0) is 0 Å². The summed E-state index contributed by atoms with van der Waals surface area (Å²) in [7, 11) is 0. The summed E-state index contributed by atoms with van der Waals surface area (Å²) in [4.78, 5) is 2.30. The summed E-state index contributed by atoms with van der Waals surface area (Å²) in [6.45, 7) is 4.27. The molecule has 2 aromatic heterocycles. The Morgan fingerprint density at radius 2 is 0.829 bits per heavy atom. The number of rotatable bonds is 9. The Hall–Kier alpha value is -9.62. The standard InChI is InChI=1S/C64H44N6/c1-42-26-30-53-54-31-27-43(2)35-62(54)70(61(53)34-42)64-39-63(57(51-24-14-12-16-44(51)40-65)38-58(64)52-25-15-13-17-45(52)41-66)69-59-32-28-47(67-46-18-6-3-7-19-46)36-55(59)56-37-50(29-33-60(56)69)68(48-20-8-4-9-21-48)49-22-10-5-11-23-49/h3-39,67H,1-2H3. The molecule has 2 heterocycles. The molecule has 0 radical (unpaired) electrons. The van der Waals surface area contributed by atoms with Gasteiger partial charge in [-0.15, -0.1) is 0 Å². The Balaban J connectivity index is 1.23. The molecule has 12 aromatic rings. The minimum Gasteiger partial charge on any atom is -0.356 e. The van der Waals surface area contributed by atoms with Crippen LogP contribution < -0.4 is 10.2 Å². The van der Waals surface area contributed by atoms with Crippen LogP contribution in [-0.4, -0.2) is 9.13 Å². The number of nitriles is 2. The number of hydrogen-bond donors (Lipinski definition) is 1. The quantitative estimate of drug-likeness (QED) is 0.157. The molecule has 0 saturated carbocycles. The lowest BCUT2D eigenvalue weighted by atomic mass is 9.91. The molecule has 0 unspecified atom stereocenters. The summed E-state index contributed by atoms with van der Waals surface area (Å²) in [5, 5.41) is 29.6. The van der Waals surface area contributed by atoms with E-state index in [-0.39, 0.29) is 0 Å². The number of anilines is 5. The number of para-hydroxylation sites is 3. The first-order chi connectivity index (χ1) is 34.4. The summed E-state index contributed by atoms with van der Waals surface area (Å²) in [6.07, 6.45) is 0. The molecule has 330 valence electrons. The summed E-state index contributed by atoms with van der Waals surface area (Å²) >= 11 is 0. The summed E-state index contributed by atoms with van der Waals surface area (Å²) in [6, 6.07) is 83.1. The van der Waals surface area contributed by atoms with Gasteiger partial charge in [0.25, 0.3) is 0 Å². The zero-order chi connectivity index (χ0) is 47.3. The van der Waals surface area contributed by atoms with Crippen LogP contribution in [0.2, 0.25) is 0 Å². The van der Waals surface area contributed by atoms with Gasteiger partial charge in [-0.1, -0.05) is 115 Å². The Bertz CT molecular complexity index is 3980. The Morgan fingerprint density at radius 3 is 1.37 bits per heavy atom. The maximum atomic E-state index is 10.8. The molecule has 12 rings (SSSR count). The number of hydrogen-bond acceptors (Lipinski definition) is 4. The number of nitrogens with zero attached hydrogens (tertiary/aromatic N) is 5. The van der Waals surface area contributed by atoms with Crippen molar-refractivity contribution in [1.82, 2.24) is 9.13 Å². The Kier molecular flexibility index (Phi) is 10.3. The Labute approximate surface area is 406 Å². The van der Waals surface area contributed by atoms with E-state index in [1.165, 1.54) is 0 Å². The topological polar surface area (TPSA) is 72.7 Å². The van der Waals surface area contributed by atoms with Gasteiger partial charge in [0, 0.05) is 72.2 Å². The third-order valence-electron chi connectivity index (χ3n) is 13.4. The molecule has 0 aliphatic carbocycles. The SMILES string of the molecule is Cc1ccc2c3ccc(C)cc3n(-c3cc(-n4c5ccc(Nc6ccccc6)cc5c5cc(N(c6ccccc6)c6ccccc6)ccc54)c(-c4ccccc4C#N)cc3-c3ccccc3C#N)c2c1. The van der Waals surface area contributed by atoms with Crippen LogP contribution in [0.4, 0.5) is 28.4 Å². The smallest absolute Gasteiger partial charge is 0.0998 e. The third-order valence-corrected chi connectivity index (χ3v) is 13.4. The molecule has 0 aliphatic heterocycles. The first-order valence-electron chi connectivity index (χ1n) is 23.5. The van der Waals surface area contributed by atoms with Crippen LogP contribution >= 0.6 is 0 Å². The molecule has 0 fully saturated rings. The second-order valence-corrected chi connectivity index (χ2v) is 17.8. The van der Waals surface area contributed by atoms with Gasteiger partial charge < -0.3 is 19.4 Å². The third kappa shape index (κ3) is 7.11. The van der Waals surface area contributed by atoms with E-state index < -0.39 is 0 Å². The van der Waals surface area contributed by atoms with Gasteiger partial charge in [0.1, 0.15) is 0 Å². The molecule has 6 heteroatoms. The molecule has 70 heavy (non-hydrogen) atoms. The molecule has 0 aliphatic rings. The van der Waals surface area contributed by atoms with Crippen molar-refractivity contribution in [3.05, 3.63) is 247 Å². The van der Waals surface area contributed by atoms with Crippen LogP contribution in [0.15, 0.2) is 224 Å². The largest absolute Gasteiger partial charge is 0.356 e. The average molecular weight is 897 g/mol. The molecule has 0 amide bonds. The maximum Gasteiger partial charge on any atom is 0.0998 e. The highest BCUT2D eigenvalue weighted by Gasteiger charge is 2.25. The van der Waals surface area contributed by atoms with Gasteiger partial charge in [0.2, 0.25) is 0 Å². The van der Waals surface area contributed by atoms with Gasteiger partial charge in [-0.2, -0.15) is 10.5 Å². The lowest BCUT2D eigenvalue weighted by Crippen LogP contribution is -2.09.